The zero-order chi connectivity index (χ0) is 12.9. The first-order valence-electron chi connectivity index (χ1n) is 5.54. The van der Waals surface area contributed by atoms with Crippen LogP contribution in [0.25, 0.3) is 16.6 Å². The van der Waals surface area contributed by atoms with Gasteiger partial charge in [-0.25, -0.2) is 4.98 Å². The molecule has 106 valence electrons. The molecule has 0 amide bonds. The van der Waals surface area contributed by atoms with Crippen molar-refractivity contribution in [3.05, 3.63) is 46.4 Å². The molecule has 0 spiro atoms. The van der Waals surface area contributed by atoms with Gasteiger partial charge < -0.3 is 11.5 Å². The first-order valence-corrected chi connectivity index (χ1v) is 5.54. The highest BCUT2D eigenvalue weighted by Crippen LogP contribution is 2.20. The Kier molecular flexibility index (Phi) is 4.47. The molecule has 2 aromatic heterocycles. The first kappa shape index (κ1) is 16.1. The van der Waals surface area contributed by atoms with Crippen molar-refractivity contribution >= 4 is 52.7 Å². The highest BCUT2D eigenvalue weighted by Gasteiger charge is 2.07. The fraction of sp³-hybridized carbons (Fsp3) is 0.0769. The zero-order valence-corrected chi connectivity index (χ0v) is 12.3. The Balaban J connectivity index is 0.000001000. The summed E-state index contributed by atoms with van der Waals surface area (Å²) in [6.07, 6.45) is 1.76. The van der Waals surface area contributed by atoms with Gasteiger partial charge in [-0.2, -0.15) is 0 Å². The molecule has 3 rings (SSSR count). The second-order valence-corrected chi connectivity index (χ2v) is 4.35. The minimum atomic E-state index is -0.134. The summed E-state index contributed by atoms with van der Waals surface area (Å²) < 4.78 is 1.52. The molecule has 0 aliphatic heterocycles. The third-order valence-corrected chi connectivity index (χ3v) is 2.96. The van der Waals surface area contributed by atoms with E-state index < -0.39 is 0 Å². The summed E-state index contributed by atoms with van der Waals surface area (Å²) in [5.74, 6) is 0. The van der Waals surface area contributed by atoms with E-state index in [0.29, 0.717) is 27.9 Å². The molecule has 0 fully saturated rings. The molecule has 5 nitrogen and oxygen atoms in total. The van der Waals surface area contributed by atoms with Crippen molar-refractivity contribution in [2.75, 3.05) is 11.5 Å². The van der Waals surface area contributed by atoms with Crippen molar-refractivity contribution in [3.63, 3.8) is 0 Å². The Hall–Kier alpha value is -1.98. The standard InChI is InChI=1S/C13H12N4O.2ClH/c1-7-2-3-12-16-11-5-10(15)9(14)4-8(11)13(18)17(12)6-7;;/h2-6H,14-15H2,1H3;2*1H. The average molecular weight is 313 g/mol. The lowest BCUT2D eigenvalue weighted by Gasteiger charge is -2.06. The SMILES string of the molecule is Cc1ccc2nc3cc(N)c(N)cc3c(=O)n2c1.Cl.Cl. The minimum absolute atomic E-state index is 0. The van der Waals surface area contributed by atoms with Gasteiger partial charge in [-0.15, -0.1) is 24.8 Å². The van der Waals surface area contributed by atoms with E-state index in [2.05, 4.69) is 4.98 Å². The van der Waals surface area contributed by atoms with Crippen LogP contribution in [0.4, 0.5) is 11.4 Å². The lowest BCUT2D eigenvalue weighted by Crippen LogP contribution is -2.15. The summed E-state index contributed by atoms with van der Waals surface area (Å²) in [6, 6.07) is 6.93. The Morgan fingerprint density at radius 1 is 1.10 bits per heavy atom. The summed E-state index contributed by atoms with van der Waals surface area (Å²) in [4.78, 5) is 16.7. The number of anilines is 2. The van der Waals surface area contributed by atoms with Crippen molar-refractivity contribution in [2.45, 2.75) is 6.92 Å². The predicted molar refractivity (Wildman–Crippen MR) is 87.0 cm³/mol. The summed E-state index contributed by atoms with van der Waals surface area (Å²) >= 11 is 0. The number of nitrogens with zero attached hydrogens (tertiary/aromatic N) is 2. The van der Waals surface area contributed by atoms with Crippen LogP contribution < -0.4 is 17.0 Å². The van der Waals surface area contributed by atoms with Crippen LogP contribution in [0.1, 0.15) is 5.56 Å². The van der Waals surface area contributed by atoms with Crippen LogP contribution in [0.3, 0.4) is 0 Å². The van der Waals surface area contributed by atoms with Gasteiger partial charge in [0.25, 0.3) is 5.56 Å². The molecular weight excluding hydrogens is 299 g/mol. The van der Waals surface area contributed by atoms with E-state index in [1.807, 2.05) is 19.1 Å². The molecule has 7 heteroatoms. The Morgan fingerprint density at radius 2 is 1.75 bits per heavy atom. The van der Waals surface area contributed by atoms with Gasteiger partial charge in [-0.05, 0) is 30.7 Å². The van der Waals surface area contributed by atoms with Crippen molar-refractivity contribution in [2.24, 2.45) is 0 Å². The second-order valence-electron chi connectivity index (χ2n) is 4.35. The van der Waals surface area contributed by atoms with Crippen LogP contribution in [-0.2, 0) is 0 Å². The van der Waals surface area contributed by atoms with Crippen molar-refractivity contribution in [3.8, 4) is 0 Å². The molecule has 2 heterocycles. The lowest BCUT2D eigenvalue weighted by molar-refractivity contribution is 1.06. The zero-order valence-electron chi connectivity index (χ0n) is 10.7. The second kappa shape index (κ2) is 5.56. The van der Waals surface area contributed by atoms with Crippen LogP contribution in [0, 0.1) is 6.92 Å². The topological polar surface area (TPSA) is 86.4 Å². The summed E-state index contributed by atoms with van der Waals surface area (Å²) in [5.41, 5.74) is 14.3. The summed E-state index contributed by atoms with van der Waals surface area (Å²) in [7, 11) is 0. The van der Waals surface area contributed by atoms with Crippen LogP contribution in [0.15, 0.2) is 35.3 Å². The predicted octanol–water partition coefficient (Wildman–Crippen LogP) is 2.16. The monoisotopic (exact) mass is 312 g/mol. The number of halogens is 2. The maximum absolute atomic E-state index is 12.3. The maximum Gasteiger partial charge on any atom is 0.265 e. The Morgan fingerprint density at radius 3 is 2.45 bits per heavy atom. The molecule has 0 unspecified atom stereocenters. The van der Waals surface area contributed by atoms with Gasteiger partial charge in [0.05, 0.1) is 22.3 Å². The van der Waals surface area contributed by atoms with Gasteiger partial charge in [0.15, 0.2) is 0 Å². The summed E-state index contributed by atoms with van der Waals surface area (Å²) in [5, 5.41) is 0.477. The number of hydrogen-bond acceptors (Lipinski definition) is 4. The van der Waals surface area contributed by atoms with E-state index in [1.165, 1.54) is 4.40 Å². The lowest BCUT2D eigenvalue weighted by atomic mass is 10.2. The van der Waals surface area contributed by atoms with Crippen LogP contribution >= 0.6 is 24.8 Å². The number of aromatic nitrogens is 2. The molecule has 0 aliphatic carbocycles. The Labute approximate surface area is 127 Å². The van der Waals surface area contributed by atoms with E-state index in [0.717, 1.165) is 5.56 Å². The number of hydrogen-bond donors (Lipinski definition) is 2. The minimum Gasteiger partial charge on any atom is -0.397 e. The number of aryl methyl sites for hydroxylation is 1. The van der Waals surface area contributed by atoms with E-state index >= 15 is 0 Å². The van der Waals surface area contributed by atoms with Gasteiger partial charge >= 0.3 is 0 Å². The van der Waals surface area contributed by atoms with Crippen molar-refractivity contribution < 1.29 is 0 Å². The van der Waals surface area contributed by atoms with Gasteiger partial charge in [0.2, 0.25) is 0 Å². The van der Waals surface area contributed by atoms with E-state index in [4.69, 9.17) is 11.5 Å². The molecular formula is C13H14Cl2N4O. The van der Waals surface area contributed by atoms with Crippen molar-refractivity contribution in [1.82, 2.24) is 9.38 Å². The van der Waals surface area contributed by atoms with Crippen molar-refractivity contribution in [1.29, 1.82) is 0 Å². The molecule has 20 heavy (non-hydrogen) atoms. The number of pyridine rings is 1. The molecule has 0 saturated heterocycles. The number of benzene rings is 1. The molecule has 0 atom stereocenters. The van der Waals surface area contributed by atoms with E-state index in [9.17, 15) is 4.79 Å². The third kappa shape index (κ3) is 2.37. The fourth-order valence-corrected chi connectivity index (χ4v) is 1.99. The number of nitrogens with two attached hydrogens (primary N) is 2. The number of fused-ring (bicyclic) bond motifs is 2. The van der Waals surface area contributed by atoms with Gasteiger partial charge in [-0.1, -0.05) is 6.07 Å². The Bertz CT molecular complexity index is 845. The largest absolute Gasteiger partial charge is 0.397 e. The van der Waals surface area contributed by atoms with Crippen LogP contribution in [-0.4, -0.2) is 9.38 Å². The quantitative estimate of drug-likeness (QED) is 0.492. The molecule has 4 N–H and O–H groups in total. The van der Waals surface area contributed by atoms with Gasteiger partial charge in [0.1, 0.15) is 5.65 Å². The molecule has 0 aliphatic rings. The average Bonchev–Trinajstić information content (AvgIpc) is 2.33. The maximum atomic E-state index is 12.3. The molecule has 0 radical (unpaired) electrons. The fourth-order valence-electron chi connectivity index (χ4n) is 1.99. The molecule has 1 aromatic carbocycles. The third-order valence-electron chi connectivity index (χ3n) is 2.96. The smallest absolute Gasteiger partial charge is 0.265 e. The van der Waals surface area contributed by atoms with Gasteiger partial charge in [-0.3, -0.25) is 9.20 Å². The molecule has 0 saturated carbocycles. The van der Waals surface area contributed by atoms with E-state index in [1.54, 1.807) is 18.3 Å². The summed E-state index contributed by atoms with van der Waals surface area (Å²) in [6.45, 7) is 1.92. The van der Waals surface area contributed by atoms with Crippen LogP contribution in [0.2, 0.25) is 0 Å². The van der Waals surface area contributed by atoms with Gasteiger partial charge in [0, 0.05) is 6.20 Å². The van der Waals surface area contributed by atoms with Crippen LogP contribution in [0.5, 0.6) is 0 Å². The highest BCUT2D eigenvalue weighted by molar-refractivity contribution is 5.88. The first-order chi connectivity index (χ1) is 8.56. The number of rotatable bonds is 0. The number of nitrogen functional groups attached to an aromatic ring is 2. The van der Waals surface area contributed by atoms with E-state index in [-0.39, 0.29) is 30.4 Å². The molecule has 0 bridgehead atoms. The highest BCUT2D eigenvalue weighted by atomic mass is 35.5. The molecule has 3 aromatic rings. The normalized spacial score (nSPS) is 10.1.